The monoisotopic (exact) mass is 327 g/mol. The molecule has 6 nitrogen and oxygen atoms in total. The highest BCUT2D eigenvalue weighted by Gasteiger charge is 2.08. The van der Waals surface area contributed by atoms with Crippen molar-refractivity contribution in [2.45, 2.75) is 5.75 Å². The van der Waals surface area contributed by atoms with E-state index in [-0.39, 0.29) is 17.3 Å². The van der Waals surface area contributed by atoms with E-state index in [1.54, 1.807) is 24.3 Å². The number of anilines is 1. The second-order valence-electron chi connectivity index (χ2n) is 4.66. The topological polar surface area (TPSA) is 96.0 Å². The van der Waals surface area contributed by atoms with Crippen LogP contribution in [0, 0.1) is 21.4 Å². The van der Waals surface area contributed by atoms with E-state index in [0.717, 1.165) is 5.56 Å². The van der Waals surface area contributed by atoms with Crippen LogP contribution in [0.2, 0.25) is 0 Å². The molecule has 2 aromatic carbocycles. The van der Waals surface area contributed by atoms with Crippen LogP contribution in [0.4, 0.5) is 11.4 Å². The van der Waals surface area contributed by atoms with Crippen molar-refractivity contribution in [1.82, 2.24) is 0 Å². The van der Waals surface area contributed by atoms with Crippen molar-refractivity contribution in [3.05, 3.63) is 69.8 Å². The first-order valence-electron chi connectivity index (χ1n) is 6.69. The number of nitrogens with one attached hydrogen (secondary N) is 1. The van der Waals surface area contributed by atoms with E-state index in [2.05, 4.69) is 11.4 Å². The summed E-state index contributed by atoms with van der Waals surface area (Å²) in [7, 11) is 0. The van der Waals surface area contributed by atoms with Crippen molar-refractivity contribution in [2.24, 2.45) is 0 Å². The van der Waals surface area contributed by atoms with Crippen LogP contribution in [0.3, 0.4) is 0 Å². The van der Waals surface area contributed by atoms with Crippen LogP contribution in [0.25, 0.3) is 0 Å². The van der Waals surface area contributed by atoms with Crippen molar-refractivity contribution < 1.29 is 9.72 Å². The number of thioether (sulfide) groups is 1. The van der Waals surface area contributed by atoms with Crippen molar-refractivity contribution in [1.29, 1.82) is 5.26 Å². The van der Waals surface area contributed by atoms with E-state index in [9.17, 15) is 14.9 Å². The molecule has 0 saturated carbocycles. The Morgan fingerprint density at radius 3 is 2.78 bits per heavy atom. The normalized spacial score (nSPS) is 9.87. The highest BCUT2D eigenvalue weighted by molar-refractivity contribution is 7.99. The molecular formula is C16H13N3O3S. The summed E-state index contributed by atoms with van der Waals surface area (Å²) in [6, 6.07) is 15.1. The molecule has 1 amide bonds. The minimum Gasteiger partial charge on any atom is -0.325 e. The van der Waals surface area contributed by atoms with Gasteiger partial charge in [-0.1, -0.05) is 18.2 Å². The summed E-state index contributed by atoms with van der Waals surface area (Å²) in [6.45, 7) is 0. The van der Waals surface area contributed by atoms with Gasteiger partial charge in [0.1, 0.15) is 0 Å². The summed E-state index contributed by atoms with van der Waals surface area (Å²) in [6.07, 6.45) is 0. The van der Waals surface area contributed by atoms with E-state index in [1.165, 1.54) is 30.0 Å². The smallest absolute Gasteiger partial charge is 0.271 e. The Hall–Kier alpha value is -2.85. The van der Waals surface area contributed by atoms with Crippen LogP contribution in [0.15, 0.2) is 48.5 Å². The Labute approximate surface area is 137 Å². The maximum atomic E-state index is 11.9. The molecule has 0 unspecified atom stereocenters. The van der Waals surface area contributed by atoms with E-state index >= 15 is 0 Å². The number of nitrogens with zero attached hydrogens (tertiary/aromatic N) is 2. The predicted octanol–water partition coefficient (Wildman–Crippen LogP) is 3.34. The standard InChI is InChI=1S/C16H13N3O3S/c17-9-12-3-1-4-13(7-12)10-23-11-16(20)18-14-5-2-6-15(8-14)19(21)22/h1-8H,10-11H2,(H,18,20). The number of nitro benzene ring substituents is 1. The zero-order valence-electron chi connectivity index (χ0n) is 12.1. The molecule has 23 heavy (non-hydrogen) atoms. The molecule has 0 atom stereocenters. The zero-order chi connectivity index (χ0) is 16.7. The summed E-state index contributed by atoms with van der Waals surface area (Å²) >= 11 is 1.41. The minimum absolute atomic E-state index is 0.0660. The number of amides is 1. The molecule has 0 saturated heterocycles. The third kappa shape index (κ3) is 5.13. The van der Waals surface area contributed by atoms with Crippen LogP contribution >= 0.6 is 11.8 Å². The number of hydrogen-bond acceptors (Lipinski definition) is 5. The SMILES string of the molecule is N#Cc1cccc(CSCC(=O)Nc2cccc([N+](=O)[O-])c2)c1. The van der Waals surface area contributed by atoms with Gasteiger partial charge < -0.3 is 5.32 Å². The van der Waals surface area contributed by atoms with Crippen LogP contribution in [-0.2, 0) is 10.5 Å². The van der Waals surface area contributed by atoms with E-state index in [0.29, 0.717) is 17.0 Å². The number of nitro groups is 1. The molecule has 0 fully saturated rings. The van der Waals surface area contributed by atoms with Crippen molar-refractivity contribution in [3.8, 4) is 6.07 Å². The number of nitriles is 1. The fourth-order valence-electron chi connectivity index (χ4n) is 1.89. The highest BCUT2D eigenvalue weighted by atomic mass is 32.2. The summed E-state index contributed by atoms with van der Waals surface area (Å²) in [4.78, 5) is 22.0. The lowest BCUT2D eigenvalue weighted by Gasteiger charge is -2.05. The maximum absolute atomic E-state index is 11.9. The van der Waals surface area contributed by atoms with Crippen LogP contribution in [0.5, 0.6) is 0 Å². The largest absolute Gasteiger partial charge is 0.325 e. The van der Waals surface area contributed by atoms with Gasteiger partial charge in [-0.3, -0.25) is 14.9 Å². The lowest BCUT2D eigenvalue weighted by atomic mass is 10.2. The number of carbonyl (C=O) groups excluding carboxylic acids is 1. The average Bonchev–Trinajstić information content (AvgIpc) is 2.55. The molecule has 2 rings (SSSR count). The Bertz CT molecular complexity index is 771. The second-order valence-corrected chi connectivity index (χ2v) is 5.65. The molecule has 1 N–H and O–H groups in total. The number of rotatable bonds is 6. The Morgan fingerprint density at radius 1 is 1.26 bits per heavy atom. The Kier molecular flexibility index (Phi) is 5.72. The Morgan fingerprint density at radius 2 is 2.04 bits per heavy atom. The van der Waals surface area contributed by atoms with Crippen molar-refractivity contribution >= 4 is 29.0 Å². The molecule has 0 bridgehead atoms. The van der Waals surface area contributed by atoms with Gasteiger partial charge in [0.15, 0.2) is 0 Å². The van der Waals surface area contributed by atoms with Gasteiger partial charge in [0.2, 0.25) is 5.91 Å². The highest BCUT2D eigenvalue weighted by Crippen LogP contribution is 2.18. The first-order valence-corrected chi connectivity index (χ1v) is 7.85. The molecule has 0 aliphatic carbocycles. The first kappa shape index (κ1) is 16.5. The minimum atomic E-state index is -0.507. The van der Waals surface area contributed by atoms with Gasteiger partial charge in [-0.05, 0) is 23.8 Å². The molecule has 0 heterocycles. The van der Waals surface area contributed by atoms with E-state index in [4.69, 9.17) is 5.26 Å². The number of benzene rings is 2. The summed E-state index contributed by atoms with van der Waals surface area (Å²) < 4.78 is 0. The van der Waals surface area contributed by atoms with Crippen LogP contribution in [-0.4, -0.2) is 16.6 Å². The van der Waals surface area contributed by atoms with E-state index in [1.807, 2.05) is 6.07 Å². The van der Waals surface area contributed by atoms with Crippen LogP contribution < -0.4 is 5.32 Å². The lowest BCUT2D eigenvalue weighted by molar-refractivity contribution is -0.384. The van der Waals surface area contributed by atoms with Gasteiger partial charge in [0.25, 0.3) is 5.69 Å². The Balaban J connectivity index is 1.84. The third-order valence-corrected chi connectivity index (χ3v) is 3.90. The molecule has 7 heteroatoms. The van der Waals surface area contributed by atoms with Gasteiger partial charge >= 0.3 is 0 Å². The van der Waals surface area contributed by atoms with Crippen molar-refractivity contribution in [2.75, 3.05) is 11.1 Å². The fourth-order valence-corrected chi connectivity index (χ4v) is 2.66. The van der Waals surface area contributed by atoms with Gasteiger partial charge in [-0.2, -0.15) is 5.26 Å². The maximum Gasteiger partial charge on any atom is 0.271 e. The molecular weight excluding hydrogens is 314 g/mol. The third-order valence-electron chi connectivity index (χ3n) is 2.90. The lowest BCUT2D eigenvalue weighted by Crippen LogP contribution is -2.14. The molecule has 0 aromatic heterocycles. The number of carbonyl (C=O) groups is 1. The molecule has 2 aromatic rings. The average molecular weight is 327 g/mol. The number of hydrogen-bond donors (Lipinski definition) is 1. The molecule has 0 aliphatic heterocycles. The quantitative estimate of drug-likeness (QED) is 0.648. The van der Waals surface area contributed by atoms with Gasteiger partial charge in [0.05, 0.1) is 22.3 Å². The summed E-state index contributed by atoms with van der Waals surface area (Å²) in [5, 5.41) is 22.1. The molecule has 0 spiro atoms. The van der Waals surface area contributed by atoms with Gasteiger partial charge in [-0.25, -0.2) is 0 Å². The number of non-ortho nitro benzene ring substituents is 1. The molecule has 116 valence electrons. The van der Waals surface area contributed by atoms with Crippen molar-refractivity contribution in [3.63, 3.8) is 0 Å². The molecule has 0 aliphatic rings. The fraction of sp³-hybridized carbons (Fsp3) is 0.125. The summed E-state index contributed by atoms with van der Waals surface area (Å²) in [5.41, 5.74) is 1.89. The van der Waals surface area contributed by atoms with Crippen LogP contribution in [0.1, 0.15) is 11.1 Å². The first-order chi connectivity index (χ1) is 11.1. The van der Waals surface area contributed by atoms with Gasteiger partial charge in [0, 0.05) is 23.6 Å². The zero-order valence-corrected chi connectivity index (χ0v) is 12.9. The molecule has 0 radical (unpaired) electrons. The second kappa shape index (κ2) is 7.96. The summed E-state index contributed by atoms with van der Waals surface area (Å²) in [5.74, 6) is 0.601. The van der Waals surface area contributed by atoms with E-state index < -0.39 is 4.92 Å². The predicted molar refractivity (Wildman–Crippen MR) is 89.0 cm³/mol. The van der Waals surface area contributed by atoms with Gasteiger partial charge in [-0.15, -0.1) is 11.8 Å².